The molecule has 0 spiro atoms. The summed E-state index contributed by atoms with van der Waals surface area (Å²) in [7, 11) is 0. The molecule has 8 aromatic carbocycles. The van der Waals surface area contributed by atoms with E-state index in [1.165, 1.54) is 115 Å². The van der Waals surface area contributed by atoms with Gasteiger partial charge in [0.2, 0.25) is 0 Å². The lowest BCUT2D eigenvalue weighted by Gasteiger charge is -2.47. The Balaban J connectivity index is 1.33. The molecule has 0 N–H and O–H groups in total. The summed E-state index contributed by atoms with van der Waals surface area (Å²) < 4.78 is 2.63. The van der Waals surface area contributed by atoms with Gasteiger partial charge in [-0.05, 0) is 156 Å². The Labute approximate surface area is 390 Å². The summed E-state index contributed by atoms with van der Waals surface area (Å²) in [6.07, 6.45) is 0. The quantitative estimate of drug-likeness (QED) is 0.163. The first-order chi connectivity index (χ1) is 31.1. The first-order valence-corrected chi connectivity index (χ1v) is 24.1. The van der Waals surface area contributed by atoms with E-state index in [1.807, 2.05) is 11.3 Å². The zero-order valence-corrected chi connectivity index (χ0v) is 40.3. The van der Waals surface area contributed by atoms with Crippen LogP contribution in [0.4, 0.5) is 28.4 Å². The summed E-state index contributed by atoms with van der Waals surface area (Å²) in [5.41, 5.74) is 21.5. The highest BCUT2D eigenvalue weighted by atomic mass is 32.1. The molecule has 0 saturated carbocycles. The van der Waals surface area contributed by atoms with Crippen LogP contribution < -0.4 is 20.6 Å². The second kappa shape index (κ2) is 14.8. The topological polar surface area (TPSA) is 6.48 Å². The molecule has 9 aromatic rings. The van der Waals surface area contributed by atoms with E-state index in [0.717, 1.165) is 0 Å². The molecular weight excluding hydrogens is 804 g/mol. The lowest BCUT2D eigenvalue weighted by molar-refractivity contribution is 0.590. The molecule has 0 radical (unpaired) electrons. The molecule has 1 aromatic heterocycles. The molecule has 0 amide bonds. The van der Waals surface area contributed by atoms with Crippen LogP contribution in [0.25, 0.3) is 53.6 Å². The highest BCUT2D eigenvalue weighted by Crippen LogP contribution is 2.52. The second-order valence-electron chi connectivity index (χ2n) is 21.5. The Morgan fingerprint density at radius 2 is 1.02 bits per heavy atom. The van der Waals surface area contributed by atoms with E-state index in [0.29, 0.717) is 0 Å². The van der Waals surface area contributed by atoms with E-state index < -0.39 is 0 Å². The van der Waals surface area contributed by atoms with Gasteiger partial charge in [0.05, 0.1) is 5.69 Å². The number of aryl methyl sites for hydroxylation is 1. The fourth-order valence-electron chi connectivity index (χ4n) is 10.5. The average molecular weight is 861 g/mol. The van der Waals surface area contributed by atoms with Crippen molar-refractivity contribution in [3.05, 3.63) is 186 Å². The van der Waals surface area contributed by atoms with Gasteiger partial charge in [0.25, 0.3) is 0 Å². The zero-order chi connectivity index (χ0) is 45.2. The Morgan fingerprint density at radius 1 is 0.415 bits per heavy atom. The maximum absolute atomic E-state index is 2.69. The number of hydrogen-bond donors (Lipinski definition) is 0. The summed E-state index contributed by atoms with van der Waals surface area (Å²) in [5, 5.41) is 2.66. The lowest BCUT2D eigenvalue weighted by Crippen LogP contribution is -2.61. The van der Waals surface area contributed by atoms with Crippen molar-refractivity contribution in [2.24, 2.45) is 0 Å². The molecule has 320 valence electrons. The van der Waals surface area contributed by atoms with Gasteiger partial charge in [-0.15, -0.1) is 11.3 Å². The number of nitrogens with zero attached hydrogens (tertiary/aromatic N) is 2. The average Bonchev–Trinajstić information content (AvgIpc) is 3.67. The van der Waals surface area contributed by atoms with E-state index in [2.05, 4.69) is 243 Å². The van der Waals surface area contributed by atoms with Crippen molar-refractivity contribution >= 4 is 77.7 Å². The van der Waals surface area contributed by atoms with Crippen LogP contribution in [-0.4, -0.2) is 6.85 Å². The van der Waals surface area contributed by atoms with Crippen LogP contribution in [0.5, 0.6) is 0 Å². The summed E-state index contributed by atoms with van der Waals surface area (Å²) >= 11 is 1.91. The van der Waals surface area contributed by atoms with E-state index in [4.69, 9.17) is 0 Å². The summed E-state index contributed by atoms with van der Waals surface area (Å²) in [4.78, 5) is 5.34. The van der Waals surface area contributed by atoms with Crippen molar-refractivity contribution in [2.45, 2.75) is 85.5 Å². The van der Waals surface area contributed by atoms with E-state index in [-0.39, 0.29) is 23.1 Å². The van der Waals surface area contributed by atoms with E-state index in [9.17, 15) is 0 Å². The third kappa shape index (κ3) is 6.75. The minimum absolute atomic E-state index is 0.0316. The molecule has 2 nitrogen and oxygen atoms in total. The highest BCUT2D eigenvalue weighted by Gasteiger charge is 2.47. The van der Waals surface area contributed by atoms with E-state index in [1.54, 1.807) is 0 Å². The molecule has 0 aliphatic carbocycles. The first kappa shape index (κ1) is 41.4. The summed E-state index contributed by atoms with van der Waals surface area (Å²) in [6, 6.07) is 62.9. The summed E-state index contributed by atoms with van der Waals surface area (Å²) in [5.74, 6) is 0. The number of benzene rings is 8. The summed E-state index contributed by atoms with van der Waals surface area (Å²) in [6.45, 7) is 23.0. The molecule has 0 saturated heterocycles. The molecule has 0 fully saturated rings. The Hall–Kier alpha value is -6.36. The van der Waals surface area contributed by atoms with Crippen molar-refractivity contribution < 1.29 is 0 Å². The molecule has 0 unspecified atom stereocenters. The van der Waals surface area contributed by atoms with Gasteiger partial charge in [0.15, 0.2) is 0 Å². The normalized spacial score (nSPS) is 13.6. The van der Waals surface area contributed by atoms with Crippen molar-refractivity contribution in [2.75, 3.05) is 9.71 Å². The predicted molar refractivity (Wildman–Crippen MR) is 285 cm³/mol. The van der Waals surface area contributed by atoms with Gasteiger partial charge in [0, 0.05) is 43.3 Å². The fourth-order valence-corrected chi connectivity index (χ4v) is 11.6. The van der Waals surface area contributed by atoms with Crippen LogP contribution in [-0.2, 0) is 16.2 Å². The van der Waals surface area contributed by atoms with Gasteiger partial charge in [-0.2, -0.15) is 0 Å². The first-order valence-electron chi connectivity index (χ1n) is 23.3. The lowest BCUT2D eigenvalue weighted by atomic mass is 9.42. The smallest absolute Gasteiger partial charge is 0.333 e. The highest BCUT2D eigenvalue weighted by molar-refractivity contribution is 7.26. The van der Waals surface area contributed by atoms with Crippen molar-refractivity contribution in [1.29, 1.82) is 0 Å². The largest absolute Gasteiger partial charge is 0.376 e. The zero-order valence-electron chi connectivity index (χ0n) is 39.5. The van der Waals surface area contributed by atoms with Crippen LogP contribution in [0.1, 0.15) is 84.6 Å². The number of thiophene rings is 1. The fraction of sp³-hybridized carbons (Fsp3) is 0.213. The molecule has 11 rings (SSSR count). The monoisotopic (exact) mass is 860 g/mol. The number of hydrogen-bond acceptors (Lipinski definition) is 3. The molecule has 3 heterocycles. The minimum atomic E-state index is -0.124. The van der Waals surface area contributed by atoms with Crippen LogP contribution in [0.2, 0.25) is 0 Å². The van der Waals surface area contributed by atoms with Crippen molar-refractivity contribution in [1.82, 2.24) is 0 Å². The third-order valence-corrected chi connectivity index (χ3v) is 15.2. The molecule has 0 atom stereocenters. The molecule has 2 aliphatic rings. The van der Waals surface area contributed by atoms with Crippen LogP contribution in [0.3, 0.4) is 0 Å². The van der Waals surface area contributed by atoms with E-state index >= 15 is 0 Å². The number of rotatable bonds is 4. The molecule has 4 heteroatoms. The maximum Gasteiger partial charge on any atom is 0.333 e. The van der Waals surface area contributed by atoms with Gasteiger partial charge < -0.3 is 9.71 Å². The third-order valence-electron chi connectivity index (χ3n) is 14.1. The van der Waals surface area contributed by atoms with Gasteiger partial charge in [-0.3, -0.25) is 0 Å². The Morgan fingerprint density at radius 3 is 1.71 bits per heavy atom. The Kier molecular flexibility index (Phi) is 9.44. The molecule has 65 heavy (non-hydrogen) atoms. The molecule has 0 bridgehead atoms. The van der Waals surface area contributed by atoms with Crippen LogP contribution in [0, 0.1) is 6.92 Å². The Bertz CT molecular complexity index is 3340. The predicted octanol–water partition coefficient (Wildman–Crippen LogP) is 16.3. The van der Waals surface area contributed by atoms with Gasteiger partial charge >= 0.3 is 6.85 Å². The van der Waals surface area contributed by atoms with Gasteiger partial charge in [-0.1, -0.05) is 159 Å². The van der Waals surface area contributed by atoms with Crippen molar-refractivity contribution in [3.8, 4) is 33.4 Å². The van der Waals surface area contributed by atoms with Crippen LogP contribution in [0.15, 0.2) is 164 Å². The van der Waals surface area contributed by atoms with Crippen molar-refractivity contribution in [3.63, 3.8) is 0 Å². The SMILES string of the molecule is Cc1ccccc1-c1cc2c3c(c1)N(c1ccc(C(C)(C)C)cc1-c1ccccc1)c1ccc4sc5ccccc5c4c1B3N(c1ccc(C(C)(C)C)cc1)c1ccc(C(C)(C)C)cc1-2. The second-order valence-corrected chi connectivity index (χ2v) is 22.6. The maximum atomic E-state index is 2.69. The number of fused-ring (bicyclic) bond motifs is 8. The number of anilines is 5. The molecule has 2 aliphatic heterocycles. The molecular formula is C61H57BN2S. The minimum Gasteiger partial charge on any atom is -0.376 e. The standard InChI is InChI=1S/C61H57BN2S/c1-38-18-14-15-21-45(38)40-34-49-48-37-43(61(8,9)10)27-31-51(48)64(44-28-24-41(25-29-44)59(2,3)4)62-57(49)53(35-40)63(52-32-33-55-56(58(52)62)46-22-16-17-23-54(46)65-55)50-30-26-42(60(5,6)7)36-47(50)39-19-12-11-13-20-39/h11-37H,1-10H3. The van der Waals surface area contributed by atoms with Crippen LogP contribution >= 0.6 is 11.3 Å². The van der Waals surface area contributed by atoms with Gasteiger partial charge in [-0.25, -0.2) is 0 Å². The van der Waals surface area contributed by atoms with Gasteiger partial charge in [0.1, 0.15) is 0 Å².